The minimum Gasteiger partial charge on any atom is -0.399 e. The Morgan fingerprint density at radius 1 is 1.32 bits per heavy atom. The summed E-state index contributed by atoms with van der Waals surface area (Å²) in [4.78, 5) is 14.4. The second kappa shape index (κ2) is 4.70. The number of carbonyl (C=O) groups excluding carboxylic acids is 1. The SMILES string of the molecule is Cc1cscc1C(=O)N1CCc2ccc(N)cc2C1. The number of anilines is 1. The standard InChI is InChI=1S/C15H16N2OS/c1-10-8-19-9-14(10)15(18)17-5-4-11-2-3-13(16)6-12(11)7-17/h2-3,6,8-9H,4-5,7,16H2,1H3. The summed E-state index contributed by atoms with van der Waals surface area (Å²) < 4.78 is 0. The molecule has 3 rings (SSSR count). The molecule has 1 aromatic carbocycles. The summed E-state index contributed by atoms with van der Waals surface area (Å²) in [5.74, 6) is 0.131. The van der Waals surface area contributed by atoms with Gasteiger partial charge in [-0.1, -0.05) is 6.07 Å². The van der Waals surface area contributed by atoms with Crippen molar-refractivity contribution >= 4 is 22.9 Å². The Morgan fingerprint density at radius 2 is 2.16 bits per heavy atom. The molecule has 0 unspecified atom stereocenters. The molecule has 0 fully saturated rings. The normalized spacial score (nSPS) is 14.3. The van der Waals surface area contributed by atoms with Crippen molar-refractivity contribution in [3.63, 3.8) is 0 Å². The zero-order valence-corrected chi connectivity index (χ0v) is 11.7. The van der Waals surface area contributed by atoms with Crippen LogP contribution in [0.2, 0.25) is 0 Å². The summed E-state index contributed by atoms with van der Waals surface area (Å²) in [6.45, 7) is 3.43. The van der Waals surface area contributed by atoms with Crippen molar-refractivity contribution < 1.29 is 4.79 Å². The first-order valence-corrected chi connectivity index (χ1v) is 7.29. The Hall–Kier alpha value is -1.81. The molecule has 0 radical (unpaired) electrons. The van der Waals surface area contributed by atoms with E-state index in [2.05, 4.69) is 6.07 Å². The second-order valence-electron chi connectivity index (χ2n) is 4.97. The number of rotatable bonds is 1. The van der Waals surface area contributed by atoms with E-state index in [9.17, 15) is 4.79 Å². The van der Waals surface area contributed by atoms with Gasteiger partial charge >= 0.3 is 0 Å². The molecule has 0 saturated heterocycles. The Labute approximate surface area is 116 Å². The van der Waals surface area contributed by atoms with Crippen molar-refractivity contribution in [1.29, 1.82) is 0 Å². The number of nitrogens with two attached hydrogens (primary N) is 1. The smallest absolute Gasteiger partial charge is 0.255 e. The van der Waals surface area contributed by atoms with Gasteiger partial charge in [-0.3, -0.25) is 4.79 Å². The molecule has 2 heterocycles. The third kappa shape index (κ3) is 2.24. The van der Waals surface area contributed by atoms with Crippen LogP contribution in [0.15, 0.2) is 29.0 Å². The summed E-state index contributed by atoms with van der Waals surface area (Å²) in [5.41, 5.74) is 11.0. The number of nitrogen functional groups attached to an aromatic ring is 1. The predicted octanol–water partition coefficient (Wildman–Crippen LogP) is 2.84. The monoisotopic (exact) mass is 272 g/mol. The van der Waals surface area contributed by atoms with Crippen LogP contribution in [0.5, 0.6) is 0 Å². The lowest BCUT2D eigenvalue weighted by atomic mass is 9.98. The molecule has 1 amide bonds. The number of nitrogens with zero attached hydrogens (tertiary/aromatic N) is 1. The Morgan fingerprint density at radius 3 is 2.89 bits per heavy atom. The molecule has 4 heteroatoms. The lowest BCUT2D eigenvalue weighted by molar-refractivity contribution is 0.0734. The van der Waals surface area contributed by atoms with Crippen LogP contribution in [-0.4, -0.2) is 17.4 Å². The van der Waals surface area contributed by atoms with Crippen LogP contribution in [0.4, 0.5) is 5.69 Å². The van der Waals surface area contributed by atoms with E-state index >= 15 is 0 Å². The number of carbonyl (C=O) groups is 1. The zero-order chi connectivity index (χ0) is 13.4. The van der Waals surface area contributed by atoms with Crippen LogP contribution in [0.3, 0.4) is 0 Å². The minimum atomic E-state index is 0.131. The summed E-state index contributed by atoms with van der Waals surface area (Å²) in [5, 5.41) is 3.95. The number of benzene rings is 1. The first-order chi connectivity index (χ1) is 9.15. The van der Waals surface area contributed by atoms with E-state index in [1.165, 1.54) is 11.1 Å². The van der Waals surface area contributed by atoms with Crippen LogP contribution < -0.4 is 5.73 Å². The molecule has 2 aromatic rings. The Bertz CT molecular complexity index is 633. The van der Waals surface area contributed by atoms with Crippen LogP contribution >= 0.6 is 11.3 Å². The first kappa shape index (κ1) is 12.2. The van der Waals surface area contributed by atoms with Gasteiger partial charge in [0.15, 0.2) is 0 Å². The number of aryl methyl sites for hydroxylation is 1. The van der Waals surface area contributed by atoms with Crippen molar-refractivity contribution in [2.75, 3.05) is 12.3 Å². The second-order valence-corrected chi connectivity index (χ2v) is 5.72. The van der Waals surface area contributed by atoms with E-state index in [1.54, 1.807) is 11.3 Å². The van der Waals surface area contributed by atoms with Gasteiger partial charge in [0.2, 0.25) is 0 Å². The molecule has 0 bridgehead atoms. The van der Waals surface area contributed by atoms with E-state index in [-0.39, 0.29) is 5.91 Å². The third-order valence-corrected chi connectivity index (χ3v) is 4.48. The summed E-state index contributed by atoms with van der Waals surface area (Å²) in [6, 6.07) is 5.98. The molecule has 19 heavy (non-hydrogen) atoms. The molecule has 1 aliphatic heterocycles. The summed E-state index contributed by atoms with van der Waals surface area (Å²) in [6.07, 6.45) is 0.907. The van der Waals surface area contributed by atoms with Gasteiger partial charge in [0.05, 0.1) is 5.56 Å². The molecule has 0 saturated carbocycles. The number of hydrogen-bond donors (Lipinski definition) is 1. The number of fused-ring (bicyclic) bond motifs is 1. The van der Waals surface area contributed by atoms with Gasteiger partial charge in [0, 0.05) is 24.2 Å². The van der Waals surface area contributed by atoms with Gasteiger partial charge < -0.3 is 10.6 Å². The van der Waals surface area contributed by atoms with Gasteiger partial charge in [-0.15, -0.1) is 0 Å². The van der Waals surface area contributed by atoms with E-state index in [0.717, 1.165) is 29.8 Å². The van der Waals surface area contributed by atoms with Gasteiger partial charge in [0.1, 0.15) is 0 Å². The molecular formula is C15H16N2OS. The molecular weight excluding hydrogens is 256 g/mol. The molecule has 98 valence electrons. The molecule has 1 aromatic heterocycles. The van der Waals surface area contributed by atoms with E-state index < -0.39 is 0 Å². The highest BCUT2D eigenvalue weighted by Gasteiger charge is 2.23. The molecule has 0 spiro atoms. The van der Waals surface area contributed by atoms with Crippen molar-refractivity contribution in [3.05, 3.63) is 51.2 Å². The van der Waals surface area contributed by atoms with Gasteiger partial charge in [-0.2, -0.15) is 11.3 Å². The molecule has 2 N–H and O–H groups in total. The van der Waals surface area contributed by atoms with Crippen molar-refractivity contribution in [3.8, 4) is 0 Å². The number of thiophene rings is 1. The predicted molar refractivity (Wildman–Crippen MR) is 78.4 cm³/mol. The van der Waals surface area contributed by atoms with E-state index in [1.807, 2.05) is 34.7 Å². The number of hydrogen-bond acceptors (Lipinski definition) is 3. The van der Waals surface area contributed by atoms with Crippen LogP contribution in [-0.2, 0) is 13.0 Å². The first-order valence-electron chi connectivity index (χ1n) is 6.34. The fourth-order valence-corrected chi connectivity index (χ4v) is 3.32. The maximum atomic E-state index is 12.5. The van der Waals surface area contributed by atoms with Gasteiger partial charge in [-0.25, -0.2) is 0 Å². The maximum Gasteiger partial charge on any atom is 0.255 e. The van der Waals surface area contributed by atoms with E-state index in [4.69, 9.17) is 5.73 Å². The molecule has 0 atom stereocenters. The average molecular weight is 272 g/mol. The van der Waals surface area contributed by atoms with Crippen LogP contribution in [0.25, 0.3) is 0 Å². The lowest BCUT2D eigenvalue weighted by Crippen LogP contribution is -2.36. The maximum absolute atomic E-state index is 12.5. The summed E-state index contributed by atoms with van der Waals surface area (Å²) >= 11 is 1.58. The minimum absolute atomic E-state index is 0.131. The Kier molecular flexibility index (Phi) is 3.03. The highest BCUT2D eigenvalue weighted by atomic mass is 32.1. The fourth-order valence-electron chi connectivity index (χ4n) is 2.50. The van der Waals surface area contributed by atoms with Gasteiger partial charge in [0.25, 0.3) is 5.91 Å². The molecule has 0 aliphatic carbocycles. The van der Waals surface area contributed by atoms with E-state index in [0.29, 0.717) is 6.54 Å². The Balaban J connectivity index is 1.86. The molecule has 1 aliphatic rings. The largest absolute Gasteiger partial charge is 0.399 e. The topological polar surface area (TPSA) is 46.3 Å². The van der Waals surface area contributed by atoms with Crippen molar-refractivity contribution in [1.82, 2.24) is 4.90 Å². The van der Waals surface area contributed by atoms with Crippen LogP contribution in [0, 0.1) is 6.92 Å². The summed E-state index contributed by atoms with van der Waals surface area (Å²) in [7, 11) is 0. The quantitative estimate of drug-likeness (QED) is 0.811. The van der Waals surface area contributed by atoms with Crippen molar-refractivity contribution in [2.24, 2.45) is 0 Å². The molecule has 3 nitrogen and oxygen atoms in total. The fraction of sp³-hybridized carbons (Fsp3) is 0.267. The zero-order valence-electron chi connectivity index (χ0n) is 10.8. The average Bonchev–Trinajstić information content (AvgIpc) is 2.83. The lowest BCUT2D eigenvalue weighted by Gasteiger charge is -2.29. The van der Waals surface area contributed by atoms with Crippen LogP contribution in [0.1, 0.15) is 27.0 Å². The highest BCUT2D eigenvalue weighted by molar-refractivity contribution is 7.08. The highest BCUT2D eigenvalue weighted by Crippen LogP contribution is 2.24. The van der Waals surface area contributed by atoms with Gasteiger partial charge in [-0.05, 0) is 47.5 Å². The number of amides is 1. The third-order valence-electron chi connectivity index (χ3n) is 3.62. The van der Waals surface area contributed by atoms with Crippen molar-refractivity contribution in [2.45, 2.75) is 19.9 Å².